The van der Waals surface area contributed by atoms with Crippen LogP contribution in [0.3, 0.4) is 0 Å². The zero-order chi connectivity index (χ0) is 10.6. The standard InChI is InChI=1S/C11H15FO2/c1-8(12)10-7-9(3-2-6-13)4-5-11(10)14/h4-5,7-8,13-14H,2-3,6H2,1H3. The first kappa shape index (κ1) is 11.0. The molecule has 3 heteroatoms. The molecule has 14 heavy (non-hydrogen) atoms. The van der Waals surface area contributed by atoms with Crippen molar-refractivity contribution in [2.75, 3.05) is 6.61 Å². The molecule has 0 saturated carbocycles. The molecular formula is C11H15FO2. The van der Waals surface area contributed by atoms with Gasteiger partial charge in [-0.2, -0.15) is 0 Å². The third kappa shape index (κ3) is 2.70. The highest BCUT2D eigenvalue weighted by Crippen LogP contribution is 2.27. The quantitative estimate of drug-likeness (QED) is 0.779. The number of aliphatic hydroxyl groups is 1. The second-order valence-electron chi connectivity index (χ2n) is 3.34. The maximum Gasteiger partial charge on any atom is 0.126 e. The zero-order valence-electron chi connectivity index (χ0n) is 8.20. The first-order valence-electron chi connectivity index (χ1n) is 4.72. The van der Waals surface area contributed by atoms with Gasteiger partial charge in [0.2, 0.25) is 0 Å². The number of rotatable bonds is 4. The molecule has 0 aliphatic rings. The molecule has 0 fully saturated rings. The molecule has 0 bridgehead atoms. The van der Waals surface area contributed by atoms with Crippen LogP contribution in [-0.4, -0.2) is 16.8 Å². The van der Waals surface area contributed by atoms with Crippen molar-refractivity contribution in [1.82, 2.24) is 0 Å². The number of aliphatic hydroxyl groups excluding tert-OH is 1. The third-order valence-electron chi connectivity index (χ3n) is 2.14. The molecule has 2 nitrogen and oxygen atoms in total. The van der Waals surface area contributed by atoms with Crippen molar-refractivity contribution in [2.24, 2.45) is 0 Å². The molecule has 1 aromatic carbocycles. The first-order chi connectivity index (χ1) is 6.65. The Morgan fingerprint density at radius 3 is 2.71 bits per heavy atom. The summed E-state index contributed by atoms with van der Waals surface area (Å²) in [6, 6.07) is 4.89. The summed E-state index contributed by atoms with van der Waals surface area (Å²) in [5.41, 5.74) is 1.26. The van der Waals surface area contributed by atoms with Gasteiger partial charge >= 0.3 is 0 Å². The molecule has 1 rings (SSSR count). The van der Waals surface area contributed by atoms with E-state index in [2.05, 4.69) is 0 Å². The lowest BCUT2D eigenvalue weighted by Crippen LogP contribution is -1.93. The van der Waals surface area contributed by atoms with E-state index in [0.29, 0.717) is 18.4 Å². The van der Waals surface area contributed by atoms with Crippen LogP contribution in [0.1, 0.15) is 30.6 Å². The predicted molar refractivity (Wildman–Crippen MR) is 53.0 cm³/mol. The second kappa shape index (κ2) is 4.96. The van der Waals surface area contributed by atoms with Gasteiger partial charge in [0.25, 0.3) is 0 Å². The van der Waals surface area contributed by atoms with Crippen LogP contribution in [0, 0.1) is 0 Å². The van der Waals surface area contributed by atoms with E-state index in [1.165, 1.54) is 13.0 Å². The highest BCUT2D eigenvalue weighted by Gasteiger charge is 2.09. The van der Waals surface area contributed by atoms with Crippen molar-refractivity contribution in [2.45, 2.75) is 25.9 Å². The third-order valence-corrected chi connectivity index (χ3v) is 2.14. The number of halogens is 1. The molecule has 0 aliphatic carbocycles. The van der Waals surface area contributed by atoms with Crippen LogP contribution in [0.4, 0.5) is 4.39 Å². The van der Waals surface area contributed by atoms with Gasteiger partial charge in [0, 0.05) is 12.2 Å². The van der Waals surface area contributed by atoms with Crippen molar-refractivity contribution in [3.8, 4) is 5.75 Å². The Kier molecular flexibility index (Phi) is 3.89. The average Bonchev–Trinajstić information content (AvgIpc) is 2.16. The van der Waals surface area contributed by atoms with Crippen molar-refractivity contribution in [1.29, 1.82) is 0 Å². The summed E-state index contributed by atoms with van der Waals surface area (Å²) < 4.78 is 13.0. The first-order valence-corrected chi connectivity index (χ1v) is 4.72. The summed E-state index contributed by atoms with van der Waals surface area (Å²) in [7, 11) is 0. The molecule has 78 valence electrons. The minimum atomic E-state index is -1.16. The molecule has 0 radical (unpaired) electrons. The number of phenolic OH excluding ortho intramolecular Hbond substituents is 1. The fourth-order valence-corrected chi connectivity index (χ4v) is 1.36. The van der Waals surface area contributed by atoms with E-state index >= 15 is 0 Å². The molecule has 2 N–H and O–H groups in total. The minimum Gasteiger partial charge on any atom is -0.508 e. The monoisotopic (exact) mass is 198 g/mol. The van der Waals surface area contributed by atoms with Crippen LogP contribution >= 0.6 is 0 Å². The van der Waals surface area contributed by atoms with Crippen LogP contribution in [0.2, 0.25) is 0 Å². The smallest absolute Gasteiger partial charge is 0.126 e. The van der Waals surface area contributed by atoms with E-state index in [1.807, 2.05) is 0 Å². The molecular weight excluding hydrogens is 183 g/mol. The van der Waals surface area contributed by atoms with Gasteiger partial charge in [-0.05, 0) is 37.5 Å². The highest BCUT2D eigenvalue weighted by atomic mass is 19.1. The topological polar surface area (TPSA) is 40.5 Å². The van der Waals surface area contributed by atoms with Crippen LogP contribution in [0.25, 0.3) is 0 Å². The molecule has 1 atom stereocenters. The lowest BCUT2D eigenvalue weighted by Gasteiger charge is -2.08. The van der Waals surface area contributed by atoms with Gasteiger partial charge in [-0.25, -0.2) is 4.39 Å². The van der Waals surface area contributed by atoms with Gasteiger partial charge in [-0.1, -0.05) is 6.07 Å². The largest absolute Gasteiger partial charge is 0.508 e. The minimum absolute atomic E-state index is 0.00671. The Labute approximate surface area is 83.0 Å². The Morgan fingerprint density at radius 1 is 1.43 bits per heavy atom. The fourth-order valence-electron chi connectivity index (χ4n) is 1.36. The number of phenols is 1. The lowest BCUT2D eigenvalue weighted by molar-refractivity contribution is 0.288. The number of benzene rings is 1. The van der Waals surface area contributed by atoms with Gasteiger partial charge < -0.3 is 10.2 Å². The summed E-state index contributed by atoms with van der Waals surface area (Å²) in [4.78, 5) is 0. The molecule has 1 aromatic rings. The highest BCUT2D eigenvalue weighted by molar-refractivity contribution is 5.37. The van der Waals surface area contributed by atoms with Crippen molar-refractivity contribution in [3.05, 3.63) is 29.3 Å². The van der Waals surface area contributed by atoms with Gasteiger partial charge in [0.15, 0.2) is 0 Å². The summed E-state index contributed by atoms with van der Waals surface area (Å²) in [6.45, 7) is 1.52. The molecule has 0 saturated heterocycles. The lowest BCUT2D eigenvalue weighted by atomic mass is 10.0. The van der Waals surface area contributed by atoms with Gasteiger partial charge in [0.1, 0.15) is 11.9 Å². The number of hydrogen-bond donors (Lipinski definition) is 2. The number of aryl methyl sites for hydroxylation is 1. The van der Waals surface area contributed by atoms with Crippen molar-refractivity contribution < 1.29 is 14.6 Å². The summed E-state index contributed by atoms with van der Waals surface area (Å²) in [5, 5.41) is 18.0. The number of hydrogen-bond acceptors (Lipinski definition) is 2. The number of aromatic hydroxyl groups is 1. The Bertz CT molecular complexity index is 297. The van der Waals surface area contributed by atoms with Crippen LogP contribution in [-0.2, 0) is 6.42 Å². The Hall–Kier alpha value is -1.09. The van der Waals surface area contributed by atoms with E-state index in [4.69, 9.17) is 5.11 Å². The summed E-state index contributed by atoms with van der Waals surface area (Å²) in [5.74, 6) is -0.00671. The van der Waals surface area contributed by atoms with Crippen molar-refractivity contribution >= 4 is 0 Å². The summed E-state index contributed by atoms with van der Waals surface area (Å²) in [6.07, 6.45) is 0.200. The molecule has 0 aromatic heterocycles. The Balaban J connectivity index is 2.83. The maximum absolute atomic E-state index is 13.0. The molecule has 0 amide bonds. The average molecular weight is 198 g/mol. The van der Waals surface area contributed by atoms with E-state index < -0.39 is 6.17 Å². The van der Waals surface area contributed by atoms with E-state index in [1.54, 1.807) is 12.1 Å². The second-order valence-corrected chi connectivity index (χ2v) is 3.34. The van der Waals surface area contributed by atoms with E-state index in [9.17, 15) is 9.50 Å². The molecule has 1 unspecified atom stereocenters. The van der Waals surface area contributed by atoms with Crippen LogP contribution in [0.5, 0.6) is 5.75 Å². The van der Waals surface area contributed by atoms with E-state index in [0.717, 1.165) is 5.56 Å². The van der Waals surface area contributed by atoms with Crippen LogP contribution in [0.15, 0.2) is 18.2 Å². The van der Waals surface area contributed by atoms with Crippen molar-refractivity contribution in [3.63, 3.8) is 0 Å². The van der Waals surface area contributed by atoms with Gasteiger partial charge in [-0.15, -0.1) is 0 Å². The normalized spacial score (nSPS) is 12.8. The van der Waals surface area contributed by atoms with Gasteiger partial charge in [-0.3, -0.25) is 0 Å². The Morgan fingerprint density at radius 2 is 2.14 bits per heavy atom. The summed E-state index contributed by atoms with van der Waals surface area (Å²) >= 11 is 0. The molecule has 0 aliphatic heterocycles. The molecule has 0 spiro atoms. The van der Waals surface area contributed by atoms with Crippen LogP contribution < -0.4 is 0 Å². The number of alkyl halides is 1. The fraction of sp³-hybridized carbons (Fsp3) is 0.455. The zero-order valence-corrected chi connectivity index (χ0v) is 8.20. The SMILES string of the molecule is CC(F)c1cc(CCCO)ccc1O. The maximum atomic E-state index is 13.0. The van der Waals surface area contributed by atoms with E-state index in [-0.39, 0.29) is 12.4 Å². The predicted octanol–water partition coefficient (Wildman–Crippen LogP) is 2.35. The molecule has 0 heterocycles. The van der Waals surface area contributed by atoms with Gasteiger partial charge in [0.05, 0.1) is 0 Å².